The van der Waals surface area contributed by atoms with Gasteiger partial charge in [-0.2, -0.15) is 0 Å². The van der Waals surface area contributed by atoms with E-state index in [4.69, 9.17) is 0 Å². The third-order valence-electron chi connectivity index (χ3n) is 2.11. The summed E-state index contributed by atoms with van der Waals surface area (Å²) in [7, 11) is -2.31. The van der Waals surface area contributed by atoms with Gasteiger partial charge in [-0.25, -0.2) is 13.1 Å². The Kier molecular flexibility index (Phi) is 4.02. The molecule has 0 spiro atoms. The van der Waals surface area contributed by atoms with E-state index in [0.29, 0.717) is 6.54 Å². The molecular weight excluding hydrogens is 246 g/mol. The Morgan fingerprint density at radius 2 is 2.06 bits per heavy atom. The topological polar surface area (TPSA) is 101 Å². The lowest BCUT2D eigenvalue weighted by Gasteiger charge is -2.07. The van der Waals surface area contributed by atoms with Crippen LogP contribution in [0.1, 0.15) is 6.92 Å². The molecule has 0 atom stereocenters. The van der Waals surface area contributed by atoms with Gasteiger partial charge in [0, 0.05) is 12.6 Å². The first-order chi connectivity index (χ1) is 7.92. The number of benzene rings is 1. The maximum Gasteiger partial charge on any atom is 0.292 e. The third-order valence-corrected chi connectivity index (χ3v) is 3.52. The van der Waals surface area contributed by atoms with Gasteiger partial charge >= 0.3 is 0 Å². The zero-order valence-corrected chi connectivity index (χ0v) is 10.2. The normalized spacial score (nSPS) is 11.2. The summed E-state index contributed by atoms with van der Waals surface area (Å²) in [6.45, 7) is 2.23. The van der Waals surface area contributed by atoms with Crippen molar-refractivity contribution >= 4 is 21.4 Å². The molecule has 0 radical (unpaired) electrons. The second kappa shape index (κ2) is 5.11. The van der Waals surface area contributed by atoms with E-state index < -0.39 is 14.9 Å². The van der Waals surface area contributed by atoms with Crippen LogP contribution in [0.5, 0.6) is 0 Å². The van der Waals surface area contributed by atoms with Crippen molar-refractivity contribution in [2.75, 3.05) is 18.9 Å². The van der Waals surface area contributed by atoms with Gasteiger partial charge in [0.15, 0.2) is 0 Å². The number of rotatable bonds is 5. The van der Waals surface area contributed by atoms with Crippen LogP contribution in [0.25, 0.3) is 0 Å². The fourth-order valence-electron chi connectivity index (χ4n) is 1.29. The highest BCUT2D eigenvalue weighted by Crippen LogP contribution is 2.27. The number of nitro groups is 1. The summed E-state index contributed by atoms with van der Waals surface area (Å²) >= 11 is 0. The van der Waals surface area contributed by atoms with Crippen molar-refractivity contribution in [3.8, 4) is 0 Å². The molecule has 0 aliphatic carbocycles. The van der Waals surface area contributed by atoms with E-state index in [0.717, 1.165) is 0 Å². The lowest BCUT2D eigenvalue weighted by molar-refractivity contribution is -0.384. The van der Waals surface area contributed by atoms with Gasteiger partial charge in [0.25, 0.3) is 5.69 Å². The van der Waals surface area contributed by atoms with Crippen molar-refractivity contribution < 1.29 is 13.3 Å². The van der Waals surface area contributed by atoms with Crippen molar-refractivity contribution in [3.05, 3.63) is 28.3 Å². The van der Waals surface area contributed by atoms with E-state index in [-0.39, 0.29) is 16.3 Å². The lowest BCUT2D eigenvalue weighted by atomic mass is 10.2. The SMILES string of the molecule is CCNc1cc(S(=O)(=O)NC)ccc1[N+](=O)[O-]. The fraction of sp³-hybridized carbons (Fsp3) is 0.333. The van der Waals surface area contributed by atoms with Gasteiger partial charge in [0.2, 0.25) is 10.0 Å². The molecule has 1 rings (SSSR count). The van der Waals surface area contributed by atoms with E-state index >= 15 is 0 Å². The molecule has 0 unspecified atom stereocenters. The van der Waals surface area contributed by atoms with Gasteiger partial charge in [0.05, 0.1) is 9.82 Å². The molecule has 0 bridgehead atoms. The molecule has 0 fully saturated rings. The van der Waals surface area contributed by atoms with Crippen LogP contribution in [-0.2, 0) is 10.0 Å². The summed E-state index contributed by atoms with van der Waals surface area (Å²) in [6.07, 6.45) is 0. The van der Waals surface area contributed by atoms with Crippen molar-refractivity contribution in [3.63, 3.8) is 0 Å². The summed E-state index contributed by atoms with van der Waals surface area (Å²) in [4.78, 5) is 10.2. The second-order valence-electron chi connectivity index (χ2n) is 3.17. The molecule has 0 heterocycles. The molecule has 0 saturated heterocycles. The van der Waals surface area contributed by atoms with Crippen molar-refractivity contribution in [2.45, 2.75) is 11.8 Å². The number of hydrogen-bond donors (Lipinski definition) is 2. The smallest absolute Gasteiger partial charge is 0.292 e. The quantitative estimate of drug-likeness (QED) is 0.605. The highest BCUT2D eigenvalue weighted by Gasteiger charge is 2.18. The summed E-state index contributed by atoms with van der Waals surface area (Å²) in [5.41, 5.74) is 0.0377. The number of anilines is 1. The first kappa shape index (κ1) is 13.4. The van der Waals surface area contributed by atoms with Crippen LogP contribution in [0.2, 0.25) is 0 Å². The van der Waals surface area contributed by atoms with Crippen LogP contribution in [-0.4, -0.2) is 26.9 Å². The van der Waals surface area contributed by atoms with Crippen LogP contribution < -0.4 is 10.0 Å². The molecule has 17 heavy (non-hydrogen) atoms. The highest BCUT2D eigenvalue weighted by atomic mass is 32.2. The first-order valence-electron chi connectivity index (χ1n) is 4.88. The molecule has 0 amide bonds. The number of nitrogens with one attached hydrogen (secondary N) is 2. The molecule has 7 nitrogen and oxygen atoms in total. The monoisotopic (exact) mass is 259 g/mol. The van der Waals surface area contributed by atoms with E-state index in [1.807, 2.05) is 0 Å². The Hall–Kier alpha value is -1.67. The molecule has 0 aromatic heterocycles. The molecule has 1 aromatic rings. The van der Waals surface area contributed by atoms with Crippen molar-refractivity contribution in [2.24, 2.45) is 0 Å². The van der Waals surface area contributed by atoms with Gasteiger partial charge in [-0.1, -0.05) is 0 Å². The average Bonchev–Trinajstić information content (AvgIpc) is 2.29. The van der Waals surface area contributed by atoms with Crippen LogP contribution in [0.15, 0.2) is 23.1 Å². The average molecular weight is 259 g/mol. The minimum Gasteiger partial charge on any atom is -0.380 e. The number of sulfonamides is 1. The summed E-state index contributed by atoms with van der Waals surface area (Å²) in [5.74, 6) is 0. The Morgan fingerprint density at radius 1 is 1.41 bits per heavy atom. The molecule has 0 saturated carbocycles. The van der Waals surface area contributed by atoms with Gasteiger partial charge in [-0.05, 0) is 26.1 Å². The van der Waals surface area contributed by atoms with E-state index in [9.17, 15) is 18.5 Å². The summed E-state index contributed by atoms with van der Waals surface area (Å²) in [6, 6.07) is 3.61. The van der Waals surface area contributed by atoms with Gasteiger partial charge in [0.1, 0.15) is 5.69 Å². The van der Waals surface area contributed by atoms with Crippen molar-refractivity contribution in [1.82, 2.24) is 4.72 Å². The van der Waals surface area contributed by atoms with Gasteiger partial charge in [-0.3, -0.25) is 10.1 Å². The van der Waals surface area contributed by atoms with Crippen LogP contribution in [0, 0.1) is 10.1 Å². The minimum atomic E-state index is -3.59. The summed E-state index contributed by atoms with van der Waals surface area (Å²) < 4.78 is 25.2. The molecule has 2 N–H and O–H groups in total. The predicted molar refractivity (Wildman–Crippen MR) is 63.5 cm³/mol. The Morgan fingerprint density at radius 3 is 2.53 bits per heavy atom. The molecule has 94 valence electrons. The first-order valence-corrected chi connectivity index (χ1v) is 6.36. The van der Waals surface area contributed by atoms with Gasteiger partial charge < -0.3 is 5.32 Å². The van der Waals surface area contributed by atoms with E-state index in [1.54, 1.807) is 6.92 Å². The highest BCUT2D eigenvalue weighted by molar-refractivity contribution is 7.89. The largest absolute Gasteiger partial charge is 0.380 e. The predicted octanol–water partition coefficient (Wildman–Crippen LogP) is 0.935. The Labute approximate surface area is 99.0 Å². The number of nitro benzene ring substituents is 1. The molecular formula is C9H13N3O4S. The lowest BCUT2D eigenvalue weighted by Crippen LogP contribution is -2.18. The minimum absolute atomic E-state index is 0.0125. The zero-order valence-electron chi connectivity index (χ0n) is 9.43. The zero-order chi connectivity index (χ0) is 13.1. The van der Waals surface area contributed by atoms with Gasteiger partial charge in [-0.15, -0.1) is 0 Å². The Bertz CT molecular complexity index is 527. The molecule has 1 aromatic carbocycles. The summed E-state index contributed by atoms with van der Waals surface area (Å²) in [5, 5.41) is 13.5. The van der Waals surface area contributed by atoms with Crippen LogP contribution >= 0.6 is 0 Å². The number of hydrogen-bond acceptors (Lipinski definition) is 5. The van der Waals surface area contributed by atoms with Crippen LogP contribution in [0.3, 0.4) is 0 Å². The van der Waals surface area contributed by atoms with Crippen LogP contribution in [0.4, 0.5) is 11.4 Å². The standard InChI is InChI=1S/C9H13N3O4S/c1-3-11-8-6-7(17(15,16)10-2)4-5-9(8)12(13)14/h4-6,10-11H,3H2,1-2H3. The molecule has 0 aliphatic rings. The second-order valence-corrected chi connectivity index (χ2v) is 5.06. The molecule has 0 aliphatic heterocycles. The maximum atomic E-state index is 11.5. The van der Waals surface area contributed by atoms with E-state index in [2.05, 4.69) is 10.0 Å². The van der Waals surface area contributed by atoms with E-state index in [1.165, 1.54) is 25.2 Å². The maximum absolute atomic E-state index is 11.5. The Balaban J connectivity index is 3.33. The molecule has 8 heteroatoms. The third kappa shape index (κ3) is 2.92. The van der Waals surface area contributed by atoms with Crippen molar-refractivity contribution in [1.29, 1.82) is 0 Å². The fourth-order valence-corrected chi connectivity index (χ4v) is 2.05. The number of nitrogens with zero attached hydrogens (tertiary/aromatic N) is 1.